The summed E-state index contributed by atoms with van der Waals surface area (Å²) in [4.78, 5) is 3.66. The topological polar surface area (TPSA) is 73.0 Å². The van der Waals surface area contributed by atoms with E-state index in [-0.39, 0.29) is 10.7 Å². The molecule has 2 aromatic rings. The summed E-state index contributed by atoms with van der Waals surface area (Å²) in [7, 11) is -3.50. The van der Waals surface area contributed by atoms with Crippen molar-refractivity contribution in [3.8, 4) is 0 Å². The number of halogens is 1. The largest absolute Gasteiger partial charge is 0.262 e. The Kier molecular flexibility index (Phi) is 4.74. The molecular formula is C11H11FN2O2S. The molecule has 1 aromatic heterocycles. The van der Waals surface area contributed by atoms with Crippen molar-refractivity contribution in [2.45, 2.75) is 4.90 Å². The second-order valence-electron chi connectivity index (χ2n) is 3.03. The lowest BCUT2D eigenvalue weighted by atomic mass is 10.4. The van der Waals surface area contributed by atoms with Crippen LogP contribution in [-0.2, 0) is 10.0 Å². The average molecular weight is 254 g/mol. The van der Waals surface area contributed by atoms with Gasteiger partial charge in [0.25, 0.3) is 0 Å². The standard InChI is InChI=1S/C6H7NO2S.C5H4FN/c7-10(8,9)6-4-2-1-3-5-6;6-5-2-1-3-7-4-5/h1-5H,(H2,7,8,9);1-4H. The number of rotatable bonds is 1. The van der Waals surface area contributed by atoms with Crippen molar-refractivity contribution in [2.24, 2.45) is 5.14 Å². The van der Waals surface area contributed by atoms with Gasteiger partial charge in [0.15, 0.2) is 0 Å². The third kappa shape index (κ3) is 5.19. The molecule has 0 aliphatic rings. The second-order valence-corrected chi connectivity index (χ2v) is 4.59. The van der Waals surface area contributed by atoms with E-state index in [4.69, 9.17) is 5.14 Å². The summed E-state index contributed by atoms with van der Waals surface area (Å²) >= 11 is 0. The first-order valence-electron chi connectivity index (χ1n) is 4.63. The Morgan fingerprint density at radius 2 is 1.71 bits per heavy atom. The zero-order chi connectivity index (χ0) is 12.7. The van der Waals surface area contributed by atoms with Gasteiger partial charge >= 0.3 is 0 Å². The van der Waals surface area contributed by atoms with E-state index in [1.165, 1.54) is 30.6 Å². The molecule has 1 aromatic carbocycles. The molecule has 0 atom stereocenters. The molecule has 1 heterocycles. The number of hydrogen-bond acceptors (Lipinski definition) is 3. The number of pyridine rings is 1. The van der Waals surface area contributed by atoms with Crippen molar-refractivity contribution >= 4 is 10.0 Å². The Labute approximate surface area is 99.0 Å². The van der Waals surface area contributed by atoms with Crippen LogP contribution in [0.15, 0.2) is 59.8 Å². The molecule has 0 spiro atoms. The maximum atomic E-state index is 11.8. The number of nitrogens with zero attached hydrogens (tertiary/aromatic N) is 1. The van der Waals surface area contributed by atoms with Crippen molar-refractivity contribution in [2.75, 3.05) is 0 Å². The summed E-state index contributed by atoms with van der Waals surface area (Å²) < 4.78 is 33.1. The normalized spacial score (nSPS) is 10.2. The number of primary sulfonamides is 1. The minimum atomic E-state index is -3.50. The lowest BCUT2D eigenvalue weighted by Gasteiger charge is -1.93. The molecule has 0 aliphatic heterocycles. The predicted octanol–water partition coefficient (Wildman–Crippen LogP) is 1.55. The highest BCUT2D eigenvalue weighted by molar-refractivity contribution is 7.89. The molecule has 2 N–H and O–H groups in total. The first-order valence-corrected chi connectivity index (χ1v) is 6.18. The van der Waals surface area contributed by atoms with E-state index in [2.05, 4.69) is 4.98 Å². The number of nitrogens with two attached hydrogens (primary N) is 1. The van der Waals surface area contributed by atoms with Crippen LogP contribution in [0.1, 0.15) is 0 Å². The van der Waals surface area contributed by atoms with Gasteiger partial charge in [-0.2, -0.15) is 0 Å². The maximum Gasteiger partial charge on any atom is 0.238 e. The average Bonchev–Trinajstić information content (AvgIpc) is 2.31. The highest BCUT2D eigenvalue weighted by Gasteiger charge is 2.03. The summed E-state index contributed by atoms with van der Waals surface area (Å²) in [5.74, 6) is -0.289. The monoisotopic (exact) mass is 254 g/mol. The van der Waals surface area contributed by atoms with Crippen LogP contribution in [0.25, 0.3) is 0 Å². The van der Waals surface area contributed by atoms with E-state index >= 15 is 0 Å². The van der Waals surface area contributed by atoms with Crippen LogP contribution >= 0.6 is 0 Å². The van der Waals surface area contributed by atoms with Gasteiger partial charge in [0, 0.05) is 6.20 Å². The summed E-state index contributed by atoms with van der Waals surface area (Å²) in [6.45, 7) is 0. The van der Waals surface area contributed by atoms with Gasteiger partial charge in [-0.15, -0.1) is 0 Å². The molecule has 17 heavy (non-hydrogen) atoms. The van der Waals surface area contributed by atoms with Crippen LogP contribution in [0, 0.1) is 5.82 Å². The number of sulfonamides is 1. The Balaban J connectivity index is 0.000000181. The quantitative estimate of drug-likeness (QED) is 0.839. The van der Waals surface area contributed by atoms with Crippen molar-refractivity contribution in [1.29, 1.82) is 0 Å². The summed E-state index contributed by atoms with van der Waals surface area (Å²) in [6, 6.07) is 10.8. The smallest absolute Gasteiger partial charge is 0.238 e. The molecule has 0 unspecified atom stereocenters. The van der Waals surface area contributed by atoms with Gasteiger partial charge in [-0.25, -0.2) is 17.9 Å². The maximum absolute atomic E-state index is 11.8. The zero-order valence-corrected chi connectivity index (χ0v) is 9.64. The van der Waals surface area contributed by atoms with Crippen molar-refractivity contribution in [3.05, 3.63) is 60.7 Å². The van der Waals surface area contributed by atoms with Crippen LogP contribution in [0.4, 0.5) is 4.39 Å². The highest BCUT2D eigenvalue weighted by atomic mass is 32.2. The van der Waals surface area contributed by atoms with Crippen LogP contribution < -0.4 is 5.14 Å². The van der Waals surface area contributed by atoms with Gasteiger partial charge in [0.2, 0.25) is 10.0 Å². The van der Waals surface area contributed by atoms with Gasteiger partial charge in [0.1, 0.15) is 5.82 Å². The molecular weight excluding hydrogens is 243 g/mol. The number of hydrogen-bond donors (Lipinski definition) is 1. The van der Waals surface area contributed by atoms with Gasteiger partial charge in [0.05, 0.1) is 11.1 Å². The molecule has 0 bridgehead atoms. The lowest BCUT2D eigenvalue weighted by molar-refractivity contribution is 0.598. The predicted molar refractivity (Wildman–Crippen MR) is 62.0 cm³/mol. The van der Waals surface area contributed by atoms with Crippen LogP contribution in [0.2, 0.25) is 0 Å². The van der Waals surface area contributed by atoms with E-state index in [1.54, 1.807) is 24.3 Å². The van der Waals surface area contributed by atoms with E-state index in [0.29, 0.717) is 0 Å². The highest BCUT2D eigenvalue weighted by Crippen LogP contribution is 2.03. The number of benzene rings is 1. The third-order valence-corrected chi connectivity index (χ3v) is 2.63. The Hall–Kier alpha value is -1.79. The minimum absolute atomic E-state index is 0.148. The number of aromatic nitrogens is 1. The van der Waals surface area contributed by atoms with E-state index in [0.717, 1.165) is 0 Å². The second kappa shape index (κ2) is 6.07. The zero-order valence-electron chi connectivity index (χ0n) is 8.82. The molecule has 4 nitrogen and oxygen atoms in total. The minimum Gasteiger partial charge on any atom is -0.262 e. The van der Waals surface area contributed by atoms with Gasteiger partial charge in [-0.3, -0.25) is 4.98 Å². The molecule has 0 fully saturated rings. The van der Waals surface area contributed by atoms with Crippen LogP contribution in [0.3, 0.4) is 0 Å². The molecule has 0 aliphatic carbocycles. The molecule has 2 rings (SSSR count). The first-order chi connectivity index (χ1) is 8.00. The molecule has 0 radical (unpaired) electrons. The van der Waals surface area contributed by atoms with Crippen LogP contribution in [0.5, 0.6) is 0 Å². The molecule has 0 saturated carbocycles. The molecule has 0 amide bonds. The molecule has 6 heteroatoms. The van der Waals surface area contributed by atoms with E-state index in [1.807, 2.05) is 0 Å². The van der Waals surface area contributed by atoms with Crippen molar-refractivity contribution in [1.82, 2.24) is 4.98 Å². The van der Waals surface area contributed by atoms with Crippen molar-refractivity contribution < 1.29 is 12.8 Å². The Morgan fingerprint density at radius 1 is 1.06 bits per heavy atom. The molecule has 90 valence electrons. The SMILES string of the molecule is Fc1cccnc1.NS(=O)(=O)c1ccccc1. The van der Waals surface area contributed by atoms with Gasteiger partial charge in [-0.05, 0) is 24.3 Å². The summed E-state index contributed by atoms with van der Waals surface area (Å²) in [5, 5.41) is 4.83. The Bertz CT molecular complexity index is 544. The molecule has 0 saturated heterocycles. The first kappa shape index (κ1) is 13.3. The fourth-order valence-corrected chi connectivity index (χ4v) is 1.49. The lowest BCUT2D eigenvalue weighted by Crippen LogP contribution is -2.11. The Morgan fingerprint density at radius 3 is 2.00 bits per heavy atom. The van der Waals surface area contributed by atoms with Crippen LogP contribution in [-0.4, -0.2) is 13.4 Å². The third-order valence-electron chi connectivity index (χ3n) is 1.70. The fraction of sp³-hybridized carbons (Fsp3) is 0. The fourth-order valence-electron chi connectivity index (χ4n) is 0.952. The summed E-state index contributed by atoms with van der Waals surface area (Å²) in [5.41, 5.74) is 0. The van der Waals surface area contributed by atoms with Crippen molar-refractivity contribution in [3.63, 3.8) is 0 Å². The van der Waals surface area contributed by atoms with Gasteiger partial charge < -0.3 is 0 Å². The van der Waals surface area contributed by atoms with E-state index in [9.17, 15) is 12.8 Å². The van der Waals surface area contributed by atoms with E-state index < -0.39 is 10.0 Å². The van der Waals surface area contributed by atoms with Gasteiger partial charge in [-0.1, -0.05) is 18.2 Å². The summed E-state index contributed by atoms with van der Waals surface area (Å²) in [6.07, 6.45) is 2.70.